The van der Waals surface area contributed by atoms with Crippen LogP contribution in [0.5, 0.6) is 0 Å². The largest absolute Gasteiger partial charge is 0.479 e. The molecule has 17 heavy (non-hydrogen) atoms. The van der Waals surface area contributed by atoms with E-state index in [0.29, 0.717) is 6.61 Å². The second kappa shape index (κ2) is 5.28. The summed E-state index contributed by atoms with van der Waals surface area (Å²) >= 11 is 6.01. The van der Waals surface area contributed by atoms with Crippen LogP contribution in [0.3, 0.4) is 0 Å². The number of allylic oxidation sites excluding steroid dienone is 3. The summed E-state index contributed by atoms with van der Waals surface area (Å²) in [4.78, 5) is 0. The summed E-state index contributed by atoms with van der Waals surface area (Å²) < 4.78 is 5.51. The summed E-state index contributed by atoms with van der Waals surface area (Å²) in [5.74, 6) is 1.04. The average Bonchev–Trinajstić information content (AvgIpc) is 2.28. The van der Waals surface area contributed by atoms with Gasteiger partial charge in [-0.1, -0.05) is 29.8 Å². The van der Waals surface area contributed by atoms with Gasteiger partial charge in [0.15, 0.2) is 5.88 Å². The Morgan fingerprint density at radius 1 is 1.35 bits per heavy atom. The van der Waals surface area contributed by atoms with Gasteiger partial charge in [-0.25, -0.2) is 0 Å². The topological polar surface area (TPSA) is 21.3 Å². The fraction of sp³-hybridized carbons (Fsp3) is 0.286. The first-order valence-electron chi connectivity index (χ1n) is 5.74. The molecule has 1 aromatic carbocycles. The van der Waals surface area contributed by atoms with Gasteiger partial charge in [0.25, 0.3) is 0 Å². The van der Waals surface area contributed by atoms with Gasteiger partial charge in [-0.2, -0.15) is 0 Å². The number of dihydropyridines is 1. The van der Waals surface area contributed by atoms with Gasteiger partial charge >= 0.3 is 0 Å². The van der Waals surface area contributed by atoms with E-state index in [9.17, 15) is 0 Å². The minimum atomic E-state index is 0.219. The Morgan fingerprint density at radius 3 is 2.88 bits per heavy atom. The van der Waals surface area contributed by atoms with E-state index in [4.69, 9.17) is 16.3 Å². The maximum absolute atomic E-state index is 6.01. The molecular formula is C14H16ClNO. The van der Waals surface area contributed by atoms with Gasteiger partial charge in [0.2, 0.25) is 0 Å². The van der Waals surface area contributed by atoms with Gasteiger partial charge in [-0.15, -0.1) is 0 Å². The molecule has 0 spiro atoms. The van der Waals surface area contributed by atoms with Gasteiger partial charge in [-0.05, 0) is 37.6 Å². The Kier molecular flexibility index (Phi) is 3.75. The highest BCUT2D eigenvalue weighted by atomic mass is 35.5. The summed E-state index contributed by atoms with van der Waals surface area (Å²) in [7, 11) is 0. The van der Waals surface area contributed by atoms with Crippen LogP contribution in [0.25, 0.3) is 0 Å². The van der Waals surface area contributed by atoms with Crippen molar-refractivity contribution in [2.45, 2.75) is 19.8 Å². The first-order valence-corrected chi connectivity index (χ1v) is 6.12. The molecule has 0 radical (unpaired) electrons. The lowest BCUT2D eigenvalue weighted by atomic mass is 9.96. The van der Waals surface area contributed by atoms with Crippen molar-refractivity contribution in [3.8, 4) is 0 Å². The zero-order valence-electron chi connectivity index (χ0n) is 10.0. The predicted molar refractivity (Wildman–Crippen MR) is 70.8 cm³/mol. The number of benzene rings is 1. The van der Waals surface area contributed by atoms with Crippen molar-refractivity contribution in [1.29, 1.82) is 0 Å². The maximum Gasteiger partial charge on any atom is 0.187 e. The molecule has 1 aromatic rings. The first kappa shape index (κ1) is 12.1. The van der Waals surface area contributed by atoms with E-state index in [1.165, 1.54) is 5.56 Å². The van der Waals surface area contributed by atoms with Crippen LogP contribution in [0.4, 0.5) is 0 Å². The normalized spacial score (nSPS) is 19.1. The average molecular weight is 250 g/mol. The van der Waals surface area contributed by atoms with E-state index < -0.39 is 0 Å². The van der Waals surface area contributed by atoms with Crippen LogP contribution < -0.4 is 5.32 Å². The molecule has 0 aliphatic carbocycles. The number of halogens is 1. The third kappa shape index (κ3) is 3.04. The Labute approximate surface area is 107 Å². The molecule has 1 atom stereocenters. The molecule has 1 heterocycles. The second-order valence-electron chi connectivity index (χ2n) is 4.02. The van der Waals surface area contributed by atoms with Gasteiger partial charge in [0, 0.05) is 16.6 Å². The van der Waals surface area contributed by atoms with Crippen LogP contribution in [-0.2, 0) is 4.74 Å². The van der Waals surface area contributed by atoms with Crippen LogP contribution in [0, 0.1) is 0 Å². The van der Waals surface area contributed by atoms with Crippen molar-refractivity contribution in [1.82, 2.24) is 5.32 Å². The summed E-state index contributed by atoms with van der Waals surface area (Å²) in [6.45, 7) is 4.67. The molecule has 0 amide bonds. The lowest BCUT2D eigenvalue weighted by Gasteiger charge is -2.21. The Morgan fingerprint density at radius 2 is 2.18 bits per heavy atom. The first-order chi connectivity index (χ1) is 8.19. The zero-order valence-corrected chi connectivity index (χ0v) is 10.8. The minimum absolute atomic E-state index is 0.219. The molecule has 0 fully saturated rings. The van der Waals surface area contributed by atoms with E-state index in [1.807, 2.05) is 32.0 Å². The van der Waals surface area contributed by atoms with Crippen molar-refractivity contribution in [3.05, 3.63) is 58.6 Å². The van der Waals surface area contributed by atoms with Crippen molar-refractivity contribution < 1.29 is 4.74 Å². The molecule has 0 saturated heterocycles. The second-order valence-corrected chi connectivity index (χ2v) is 4.46. The number of nitrogens with one attached hydrogen (secondary N) is 1. The van der Waals surface area contributed by atoms with Crippen molar-refractivity contribution in [3.63, 3.8) is 0 Å². The molecule has 1 unspecified atom stereocenters. The van der Waals surface area contributed by atoms with Crippen LogP contribution in [0.2, 0.25) is 5.02 Å². The number of hydrogen-bond acceptors (Lipinski definition) is 2. The molecule has 3 heteroatoms. The minimum Gasteiger partial charge on any atom is -0.479 e. The lowest BCUT2D eigenvalue weighted by molar-refractivity contribution is 0.208. The third-order valence-electron chi connectivity index (χ3n) is 2.61. The molecule has 0 aromatic heterocycles. The van der Waals surface area contributed by atoms with Crippen LogP contribution in [0.1, 0.15) is 25.3 Å². The number of hydrogen-bond donors (Lipinski definition) is 1. The zero-order chi connectivity index (χ0) is 12.3. The molecule has 0 bridgehead atoms. The van der Waals surface area contributed by atoms with Crippen LogP contribution in [0.15, 0.2) is 48.0 Å². The molecule has 2 nitrogen and oxygen atoms in total. The van der Waals surface area contributed by atoms with Crippen LogP contribution in [-0.4, -0.2) is 6.61 Å². The summed E-state index contributed by atoms with van der Waals surface area (Å²) in [6, 6.07) is 7.92. The highest BCUT2D eigenvalue weighted by molar-refractivity contribution is 6.30. The smallest absolute Gasteiger partial charge is 0.187 e. The van der Waals surface area contributed by atoms with Crippen LogP contribution >= 0.6 is 11.6 Å². The lowest BCUT2D eigenvalue weighted by Crippen LogP contribution is -2.19. The predicted octanol–water partition coefficient (Wildman–Crippen LogP) is 3.81. The monoisotopic (exact) mass is 249 g/mol. The van der Waals surface area contributed by atoms with E-state index in [2.05, 4.69) is 23.5 Å². The fourth-order valence-electron chi connectivity index (χ4n) is 1.90. The molecule has 1 aliphatic rings. The number of rotatable bonds is 3. The van der Waals surface area contributed by atoms with E-state index in [0.717, 1.165) is 16.6 Å². The highest BCUT2D eigenvalue weighted by Crippen LogP contribution is 2.26. The number of ether oxygens (including phenoxy) is 1. The third-order valence-corrected chi connectivity index (χ3v) is 2.85. The SMILES string of the molecule is CCOC1=CC(c2cccc(Cl)c2)C=C(C)N1. The Hall–Kier alpha value is -1.41. The Bertz CT molecular complexity index is 465. The van der Waals surface area contributed by atoms with Gasteiger partial charge in [0.05, 0.1) is 6.61 Å². The summed E-state index contributed by atoms with van der Waals surface area (Å²) in [6.07, 6.45) is 4.23. The fourth-order valence-corrected chi connectivity index (χ4v) is 2.10. The molecule has 1 aliphatic heterocycles. The summed E-state index contributed by atoms with van der Waals surface area (Å²) in [5.41, 5.74) is 2.27. The molecule has 0 saturated carbocycles. The van der Waals surface area contributed by atoms with Gasteiger partial charge in [0.1, 0.15) is 0 Å². The summed E-state index contributed by atoms with van der Waals surface area (Å²) in [5, 5.41) is 3.96. The standard InChI is InChI=1S/C14H16ClNO/c1-3-17-14-9-12(7-10(2)16-14)11-5-4-6-13(15)8-11/h4-9,12,16H,3H2,1-2H3. The highest BCUT2D eigenvalue weighted by Gasteiger charge is 2.14. The quantitative estimate of drug-likeness (QED) is 0.880. The molecule has 1 N–H and O–H groups in total. The molecule has 2 rings (SSSR count). The van der Waals surface area contributed by atoms with E-state index in [-0.39, 0.29) is 5.92 Å². The Balaban J connectivity index is 2.27. The van der Waals surface area contributed by atoms with Gasteiger partial charge in [-0.3, -0.25) is 0 Å². The molecule has 90 valence electrons. The molecular weight excluding hydrogens is 234 g/mol. The van der Waals surface area contributed by atoms with E-state index in [1.54, 1.807) is 0 Å². The van der Waals surface area contributed by atoms with Gasteiger partial charge < -0.3 is 10.1 Å². The van der Waals surface area contributed by atoms with Crippen molar-refractivity contribution in [2.75, 3.05) is 6.61 Å². The van der Waals surface area contributed by atoms with Crippen molar-refractivity contribution in [2.24, 2.45) is 0 Å². The van der Waals surface area contributed by atoms with E-state index >= 15 is 0 Å². The maximum atomic E-state index is 6.01. The van der Waals surface area contributed by atoms with Crippen molar-refractivity contribution >= 4 is 11.6 Å².